The molecule has 0 spiro atoms. The number of amides is 1. The number of pyridine rings is 1. The second-order valence-corrected chi connectivity index (χ2v) is 13.6. The third kappa shape index (κ3) is 11.6. The fourth-order valence-corrected chi connectivity index (χ4v) is 6.57. The maximum absolute atomic E-state index is 13.4. The van der Waals surface area contributed by atoms with Crippen molar-refractivity contribution in [1.82, 2.24) is 20.3 Å². The topological polar surface area (TPSA) is 147 Å². The van der Waals surface area contributed by atoms with Gasteiger partial charge in [-0.15, -0.1) is 0 Å². The van der Waals surface area contributed by atoms with Crippen molar-refractivity contribution in [3.8, 4) is 5.75 Å². The van der Waals surface area contributed by atoms with Crippen molar-refractivity contribution in [2.24, 2.45) is 0 Å². The van der Waals surface area contributed by atoms with Crippen LogP contribution in [0.1, 0.15) is 37.1 Å². The molecule has 0 aliphatic heterocycles. The molecule has 0 aliphatic carbocycles. The van der Waals surface area contributed by atoms with Gasteiger partial charge in [-0.25, -0.2) is 18.2 Å². The van der Waals surface area contributed by atoms with Crippen LogP contribution < -0.4 is 20.1 Å². The molecule has 49 heavy (non-hydrogen) atoms. The van der Waals surface area contributed by atoms with E-state index in [1.807, 2.05) is 61.5 Å². The number of carbonyl (C=O) groups excluding carboxylic acids is 1. The molecule has 4 N–H and O–H groups in total. The quantitative estimate of drug-likeness (QED) is 0.115. The smallest absolute Gasteiger partial charge is 0.487 e. The molecule has 0 aliphatic rings. The normalized spacial score (nSPS) is 11.8. The number of carbonyl (C=O) groups is 2. The second-order valence-electron chi connectivity index (χ2n) is 11.2. The zero-order valence-corrected chi connectivity index (χ0v) is 29.0. The van der Waals surface area contributed by atoms with Gasteiger partial charge < -0.3 is 20.5 Å². The minimum absolute atomic E-state index is 0.0833. The molecule has 3 aromatic carbocycles. The molecule has 1 amide bonds. The van der Waals surface area contributed by atoms with Crippen LogP contribution >= 0.6 is 23.2 Å². The van der Waals surface area contributed by atoms with Gasteiger partial charge in [0.25, 0.3) is 0 Å². The molecule has 0 saturated carbocycles. The summed E-state index contributed by atoms with van der Waals surface area (Å²) in [5, 5.41) is 14.3. The van der Waals surface area contributed by atoms with Crippen LogP contribution in [0.3, 0.4) is 0 Å². The van der Waals surface area contributed by atoms with Gasteiger partial charge >= 0.3 is 12.1 Å². The number of alkyl halides is 3. The van der Waals surface area contributed by atoms with Gasteiger partial charge in [0.1, 0.15) is 28.3 Å². The first-order chi connectivity index (χ1) is 22.9. The number of sulfonamides is 1. The van der Waals surface area contributed by atoms with E-state index in [0.29, 0.717) is 36.3 Å². The lowest BCUT2D eigenvalue weighted by molar-refractivity contribution is -0.192. The van der Waals surface area contributed by atoms with Crippen LogP contribution in [0.25, 0.3) is 10.9 Å². The van der Waals surface area contributed by atoms with Gasteiger partial charge in [-0.1, -0.05) is 71.7 Å². The third-order valence-electron chi connectivity index (χ3n) is 6.82. The monoisotopic (exact) mass is 742 g/mol. The summed E-state index contributed by atoms with van der Waals surface area (Å²) in [7, 11) is -4.21. The lowest BCUT2D eigenvalue weighted by Gasteiger charge is -2.25. The molecule has 1 heterocycles. The fourth-order valence-electron chi connectivity index (χ4n) is 4.30. The summed E-state index contributed by atoms with van der Waals surface area (Å²) < 4.78 is 67.0. The standard InChI is InChI=1S/C31H34Cl2N4O4S.C2HF3O2/c1-21-13-14-23-11-7-12-26(29(23)36-21)41-20-24-25(32)15-16-27(28(24)33)42(39,40)37-31(2,3)30(38)35-18-8-17-34-19-22-9-5-4-6-10-22;3-2(4,5)1(6)7/h4-7,9-16,34,37H,8,17-20H2,1-3H3,(H,35,38);(H,6,7). The predicted molar refractivity (Wildman–Crippen MR) is 181 cm³/mol. The first-order valence-corrected chi connectivity index (χ1v) is 17.0. The highest BCUT2D eigenvalue weighted by atomic mass is 35.5. The van der Waals surface area contributed by atoms with Gasteiger partial charge in [-0.05, 0) is 63.6 Å². The molecule has 0 atom stereocenters. The Hall–Kier alpha value is -3.95. The molecule has 0 saturated heterocycles. The average molecular weight is 744 g/mol. The molecule has 0 bridgehead atoms. The Morgan fingerprint density at radius 1 is 0.939 bits per heavy atom. The van der Waals surface area contributed by atoms with Crippen molar-refractivity contribution in [3.05, 3.63) is 99.7 Å². The second kappa shape index (κ2) is 17.1. The molecule has 1 aromatic heterocycles. The van der Waals surface area contributed by atoms with E-state index in [1.165, 1.54) is 31.5 Å². The van der Waals surface area contributed by atoms with Crippen LogP contribution in [0.4, 0.5) is 13.2 Å². The number of benzene rings is 3. The molecule has 4 rings (SSSR count). The molecule has 10 nitrogen and oxygen atoms in total. The Balaban J connectivity index is 0.000000838. The Morgan fingerprint density at radius 2 is 1.61 bits per heavy atom. The number of para-hydroxylation sites is 1. The SMILES string of the molecule is Cc1ccc2cccc(OCc3c(Cl)ccc(S(=O)(=O)NC(C)(C)C(=O)NCCCNCc4ccccc4)c3Cl)c2n1.O=C(O)C(F)(F)F. The van der Waals surface area contributed by atoms with Gasteiger partial charge in [0, 0.05) is 34.8 Å². The highest BCUT2D eigenvalue weighted by Crippen LogP contribution is 2.33. The van der Waals surface area contributed by atoms with E-state index in [4.69, 9.17) is 37.8 Å². The van der Waals surface area contributed by atoms with Crippen molar-refractivity contribution in [2.45, 2.75) is 57.0 Å². The van der Waals surface area contributed by atoms with Gasteiger partial charge in [0.2, 0.25) is 15.9 Å². The third-order valence-corrected chi connectivity index (χ3v) is 9.42. The maximum Gasteiger partial charge on any atom is 0.490 e. The van der Waals surface area contributed by atoms with Crippen LogP contribution in [0, 0.1) is 6.92 Å². The summed E-state index contributed by atoms with van der Waals surface area (Å²) in [6.45, 7) is 6.61. The number of aliphatic carboxylic acids is 1. The Kier molecular flexibility index (Phi) is 13.8. The predicted octanol–water partition coefficient (Wildman–Crippen LogP) is 6.42. The number of aryl methyl sites for hydroxylation is 1. The number of fused-ring (bicyclic) bond motifs is 1. The molecule has 264 valence electrons. The first kappa shape index (κ1) is 39.5. The Morgan fingerprint density at radius 3 is 2.27 bits per heavy atom. The molecule has 16 heteroatoms. The zero-order chi connectivity index (χ0) is 36.4. The minimum atomic E-state index is -5.08. The number of nitrogens with one attached hydrogen (secondary N) is 3. The molecule has 0 unspecified atom stereocenters. The van der Waals surface area contributed by atoms with Gasteiger partial charge in [-0.3, -0.25) is 4.79 Å². The summed E-state index contributed by atoms with van der Waals surface area (Å²) >= 11 is 13.0. The number of hydrogen-bond acceptors (Lipinski definition) is 7. The van der Waals surface area contributed by atoms with E-state index >= 15 is 0 Å². The number of rotatable bonds is 13. The van der Waals surface area contributed by atoms with Crippen LogP contribution in [0.15, 0.2) is 77.7 Å². The summed E-state index contributed by atoms with van der Waals surface area (Å²) in [5.74, 6) is -2.70. The number of carboxylic acids is 1. The van der Waals surface area contributed by atoms with Crippen LogP contribution in [-0.2, 0) is 32.8 Å². The number of halogens is 5. The molecular weight excluding hydrogens is 708 g/mol. The number of hydrogen-bond donors (Lipinski definition) is 4. The van der Waals surface area contributed by atoms with Crippen LogP contribution in [0.2, 0.25) is 10.0 Å². The zero-order valence-electron chi connectivity index (χ0n) is 26.7. The van der Waals surface area contributed by atoms with Gasteiger partial charge in [0.05, 0.1) is 5.02 Å². The summed E-state index contributed by atoms with van der Waals surface area (Å²) in [5.41, 5.74) is 1.54. The molecule has 4 aromatic rings. The number of ether oxygens (including phenoxy) is 1. The highest BCUT2D eigenvalue weighted by Gasteiger charge is 2.38. The molecule has 0 fully saturated rings. The maximum atomic E-state index is 13.4. The van der Waals surface area contributed by atoms with Crippen LogP contribution in [0.5, 0.6) is 5.75 Å². The van der Waals surface area contributed by atoms with E-state index < -0.39 is 33.6 Å². The van der Waals surface area contributed by atoms with Crippen molar-refractivity contribution >= 4 is 56.0 Å². The minimum Gasteiger partial charge on any atom is -0.487 e. The number of aromatic nitrogens is 1. The van der Waals surface area contributed by atoms with Gasteiger partial charge in [-0.2, -0.15) is 17.9 Å². The van der Waals surface area contributed by atoms with Crippen molar-refractivity contribution in [2.75, 3.05) is 13.1 Å². The number of carboxylic acid groups (broad SMARTS) is 1. The van der Waals surface area contributed by atoms with E-state index in [1.54, 1.807) is 6.07 Å². The van der Waals surface area contributed by atoms with Gasteiger partial charge in [0.15, 0.2) is 0 Å². The fraction of sp³-hybridized carbons (Fsp3) is 0.303. The van der Waals surface area contributed by atoms with E-state index in [9.17, 15) is 26.4 Å². The lowest BCUT2D eigenvalue weighted by Crippen LogP contribution is -2.54. The van der Waals surface area contributed by atoms with E-state index in [-0.39, 0.29) is 21.5 Å². The van der Waals surface area contributed by atoms with Crippen molar-refractivity contribution in [3.63, 3.8) is 0 Å². The Bertz CT molecular complexity index is 1880. The summed E-state index contributed by atoms with van der Waals surface area (Å²) in [4.78, 5) is 26.1. The van der Waals surface area contributed by atoms with Crippen molar-refractivity contribution < 1.29 is 41.0 Å². The van der Waals surface area contributed by atoms with E-state index in [2.05, 4.69) is 20.3 Å². The van der Waals surface area contributed by atoms with E-state index in [0.717, 1.165) is 17.6 Å². The van der Waals surface area contributed by atoms with Crippen LogP contribution in [-0.4, -0.2) is 55.2 Å². The Labute approximate surface area is 292 Å². The first-order valence-electron chi connectivity index (χ1n) is 14.8. The lowest BCUT2D eigenvalue weighted by atomic mass is 10.1. The summed E-state index contributed by atoms with van der Waals surface area (Å²) in [6, 6.07) is 22.2. The summed E-state index contributed by atoms with van der Waals surface area (Å²) in [6.07, 6.45) is -4.40. The highest BCUT2D eigenvalue weighted by molar-refractivity contribution is 7.89. The molecule has 0 radical (unpaired) electrons. The number of nitrogens with zero attached hydrogens (tertiary/aromatic N) is 1. The van der Waals surface area contributed by atoms with Crippen molar-refractivity contribution in [1.29, 1.82) is 0 Å². The molecular formula is C33H35Cl2F3N4O6S. The largest absolute Gasteiger partial charge is 0.490 e. The average Bonchev–Trinajstić information content (AvgIpc) is 3.02.